The van der Waals surface area contributed by atoms with Crippen LogP contribution in [0.25, 0.3) is 11.1 Å². The topological polar surface area (TPSA) is 97.4 Å². The maximum atomic E-state index is 12.8. The average molecular weight is 400 g/mol. The number of hydrogen-bond acceptors (Lipinski definition) is 6. The second kappa shape index (κ2) is 7.59. The molecule has 0 aliphatic carbocycles. The lowest BCUT2D eigenvalue weighted by molar-refractivity contribution is -0.139. The van der Waals surface area contributed by atoms with Gasteiger partial charge >= 0.3 is 5.76 Å². The van der Waals surface area contributed by atoms with E-state index in [4.69, 9.17) is 4.42 Å². The lowest BCUT2D eigenvalue weighted by Crippen LogP contribution is -2.47. The number of nitrogens with zero attached hydrogens (tertiary/aromatic N) is 3. The minimum Gasteiger partial charge on any atom is -0.408 e. The van der Waals surface area contributed by atoms with Gasteiger partial charge in [0.2, 0.25) is 11.8 Å². The molecule has 1 saturated heterocycles. The zero-order valence-corrected chi connectivity index (χ0v) is 16.2. The Morgan fingerprint density at radius 2 is 2.18 bits per heavy atom. The summed E-state index contributed by atoms with van der Waals surface area (Å²) in [5.74, 6) is -1.04. The molecule has 0 saturated carbocycles. The molecule has 8 nitrogen and oxygen atoms in total. The normalized spacial score (nSPS) is 16.6. The Bertz CT molecular complexity index is 1080. The molecule has 3 aromatic rings. The van der Waals surface area contributed by atoms with E-state index >= 15 is 0 Å². The summed E-state index contributed by atoms with van der Waals surface area (Å²) in [6.07, 6.45) is 1.36. The molecule has 0 bridgehead atoms. The van der Waals surface area contributed by atoms with Crippen LogP contribution < -0.4 is 11.1 Å². The van der Waals surface area contributed by atoms with E-state index < -0.39 is 11.8 Å². The third-order valence-electron chi connectivity index (χ3n) is 4.85. The van der Waals surface area contributed by atoms with Gasteiger partial charge in [0, 0.05) is 11.9 Å². The number of aromatic nitrogens is 2. The van der Waals surface area contributed by atoms with Crippen molar-refractivity contribution in [1.82, 2.24) is 19.8 Å². The highest BCUT2D eigenvalue weighted by Gasteiger charge is 2.34. The van der Waals surface area contributed by atoms with Crippen LogP contribution in [0.1, 0.15) is 23.5 Å². The molecule has 28 heavy (non-hydrogen) atoms. The van der Waals surface area contributed by atoms with Crippen LogP contribution in [-0.4, -0.2) is 38.9 Å². The fourth-order valence-corrected chi connectivity index (χ4v) is 4.13. The summed E-state index contributed by atoms with van der Waals surface area (Å²) in [5, 5.41) is 5.71. The molecule has 1 aromatic carbocycles. The van der Waals surface area contributed by atoms with Crippen molar-refractivity contribution in [3.8, 4) is 0 Å². The third kappa shape index (κ3) is 3.57. The summed E-state index contributed by atoms with van der Waals surface area (Å²) in [5.41, 5.74) is 1.82. The van der Waals surface area contributed by atoms with Crippen LogP contribution in [0.3, 0.4) is 0 Å². The van der Waals surface area contributed by atoms with Gasteiger partial charge in [-0.2, -0.15) is 0 Å². The van der Waals surface area contributed by atoms with E-state index in [2.05, 4.69) is 10.3 Å². The van der Waals surface area contributed by atoms with E-state index in [0.29, 0.717) is 30.6 Å². The molecule has 2 amide bonds. The molecule has 1 unspecified atom stereocenters. The molecular weight excluding hydrogens is 380 g/mol. The van der Waals surface area contributed by atoms with Crippen molar-refractivity contribution in [2.24, 2.45) is 0 Å². The average Bonchev–Trinajstić information content (AvgIpc) is 3.39. The maximum absolute atomic E-state index is 12.8. The molecule has 1 aliphatic heterocycles. The number of hydrogen-bond donors (Lipinski definition) is 1. The SMILES string of the molecule is Cc1nc(CNC(=O)C2CCCN2C(=O)Cn2c(=O)oc3ccccc32)cs1. The number of para-hydroxylation sites is 2. The molecule has 1 N–H and O–H groups in total. The number of benzene rings is 1. The van der Waals surface area contributed by atoms with Gasteiger partial charge in [0.25, 0.3) is 0 Å². The molecule has 1 fully saturated rings. The number of carbonyl (C=O) groups is 2. The largest absolute Gasteiger partial charge is 0.420 e. The van der Waals surface area contributed by atoms with Crippen LogP contribution >= 0.6 is 11.3 Å². The Balaban J connectivity index is 1.45. The number of carbonyl (C=O) groups excluding carboxylic acids is 2. The Labute approximate surface area is 164 Å². The molecule has 1 aliphatic rings. The maximum Gasteiger partial charge on any atom is 0.420 e. The van der Waals surface area contributed by atoms with Gasteiger partial charge in [0.1, 0.15) is 12.6 Å². The minimum absolute atomic E-state index is 0.148. The van der Waals surface area contributed by atoms with Crippen molar-refractivity contribution < 1.29 is 14.0 Å². The van der Waals surface area contributed by atoms with Crippen LogP contribution in [-0.2, 0) is 22.7 Å². The molecular formula is C19H20N4O4S. The van der Waals surface area contributed by atoms with Crippen molar-refractivity contribution in [1.29, 1.82) is 0 Å². The summed E-state index contributed by atoms with van der Waals surface area (Å²) in [6.45, 7) is 2.60. The van der Waals surface area contributed by atoms with Crippen LogP contribution in [0.5, 0.6) is 0 Å². The molecule has 0 radical (unpaired) electrons. The van der Waals surface area contributed by atoms with Gasteiger partial charge in [0.15, 0.2) is 5.58 Å². The Kier molecular flexibility index (Phi) is 4.99. The number of amides is 2. The van der Waals surface area contributed by atoms with Gasteiger partial charge < -0.3 is 14.6 Å². The molecule has 1 atom stereocenters. The van der Waals surface area contributed by atoms with Crippen molar-refractivity contribution in [3.63, 3.8) is 0 Å². The number of fused-ring (bicyclic) bond motifs is 1. The second-order valence-electron chi connectivity index (χ2n) is 6.74. The fraction of sp³-hybridized carbons (Fsp3) is 0.368. The summed E-state index contributed by atoms with van der Waals surface area (Å²) in [6, 6.07) is 6.44. The molecule has 0 spiro atoms. The van der Waals surface area contributed by atoms with Gasteiger partial charge in [-0.25, -0.2) is 9.78 Å². The second-order valence-corrected chi connectivity index (χ2v) is 7.80. The number of likely N-dealkylation sites (tertiary alicyclic amines) is 1. The van der Waals surface area contributed by atoms with Crippen molar-refractivity contribution in [3.05, 3.63) is 50.9 Å². The predicted molar refractivity (Wildman–Crippen MR) is 104 cm³/mol. The standard InChI is InChI=1S/C19H20N4O4S/c1-12-21-13(11-28-12)9-20-18(25)15-6-4-8-22(15)17(24)10-23-14-5-2-3-7-16(14)27-19(23)26/h2-3,5,7,11,15H,4,6,8-10H2,1H3,(H,20,25). The fourth-order valence-electron chi connectivity index (χ4n) is 3.51. The molecule has 9 heteroatoms. The monoisotopic (exact) mass is 400 g/mol. The molecule has 4 rings (SSSR count). The lowest BCUT2D eigenvalue weighted by atomic mass is 10.2. The molecule has 2 aromatic heterocycles. The van der Waals surface area contributed by atoms with Crippen LogP contribution in [0.15, 0.2) is 38.9 Å². The van der Waals surface area contributed by atoms with Gasteiger partial charge in [-0.15, -0.1) is 11.3 Å². The number of rotatable bonds is 5. The van der Waals surface area contributed by atoms with E-state index in [9.17, 15) is 14.4 Å². The van der Waals surface area contributed by atoms with Gasteiger partial charge in [-0.05, 0) is 31.9 Å². The smallest absolute Gasteiger partial charge is 0.408 e. The Morgan fingerprint density at radius 3 is 2.96 bits per heavy atom. The van der Waals surface area contributed by atoms with E-state index in [0.717, 1.165) is 17.1 Å². The first kappa shape index (κ1) is 18.4. The zero-order valence-electron chi connectivity index (χ0n) is 15.4. The Hall–Kier alpha value is -2.94. The van der Waals surface area contributed by atoms with Crippen LogP contribution in [0, 0.1) is 6.92 Å². The minimum atomic E-state index is -0.575. The zero-order chi connectivity index (χ0) is 19.7. The Morgan fingerprint density at radius 1 is 1.36 bits per heavy atom. The van der Waals surface area contributed by atoms with Crippen molar-refractivity contribution >= 4 is 34.3 Å². The van der Waals surface area contributed by atoms with E-state index in [1.165, 1.54) is 15.9 Å². The number of nitrogens with one attached hydrogen (secondary N) is 1. The number of oxazole rings is 1. The quantitative estimate of drug-likeness (QED) is 0.703. The summed E-state index contributed by atoms with van der Waals surface area (Å²) < 4.78 is 6.49. The van der Waals surface area contributed by atoms with Crippen molar-refractivity contribution in [2.45, 2.75) is 38.9 Å². The highest BCUT2D eigenvalue weighted by Crippen LogP contribution is 2.19. The third-order valence-corrected chi connectivity index (χ3v) is 5.68. The van der Waals surface area contributed by atoms with Crippen LogP contribution in [0.4, 0.5) is 0 Å². The summed E-state index contributed by atoms with van der Waals surface area (Å²) in [7, 11) is 0. The summed E-state index contributed by atoms with van der Waals surface area (Å²) >= 11 is 1.53. The highest BCUT2D eigenvalue weighted by atomic mass is 32.1. The first-order valence-electron chi connectivity index (χ1n) is 9.09. The lowest BCUT2D eigenvalue weighted by Gasteiger charge is -2.24. The van der Waals surface area contributed by atoms with Gasteiger partial charge in [-0.1, -0.05) is 12.1 Å². The van der Waals surface area contributed by atoms with Gasteiger partial charge in [0.05, 0.1) is 22.8 Å². The molecule has 3 heterocycles. The predicted octanol–water partition coefficient (Wildman–Crippen LogP) is 1.67. The first-order valence-corrected chi connectivity index (χ1v) is 9.97. The number of aryl methyl sites for hydroxylation is 1. The summed E-state index contributed by atoms with van der Waals surface area (Å²) in [4.78, 5) is 43.4. The number of thiazole rings is 1. The first-order chi connectivity index (χ1) is 13.5. The van der Waals surface area contributed by atoms with Gasteiger partial charge in [-0.3, -0.25) is 14.2 Å². The van der Waals surface area contributed by atoms with Crippen molar-refractivity contribution in [2.75, 3.05) is 6.54 Å². The van der Waals surface area contributed by atoms with E-state index in [1.807, 2.05) is 12.3 Å². The van der Waals surface area contributed by atoms with Crippen LogP contribution in [0.2, 0.25) is 0 Å². The highest BCUT2D eigenvalue weighted by molar-refractivity contribution is 7.09. The van der Waals surface area contributed by atoms with E-state index in [1.54, 1.807) is 29.2 Å². The molecule has 146 valence electrons. The van der Waals surface area contributed by atoms with E-state index in [-0.39, 0.29) is 18.4 Å².